The lowest BCUT2D eigenvalue weighted by Gasteiger charge is -2.33. The van der Waals surface area contributed by atoms with Crippen LogP contribution in [0.4, 0.5) is 5.82 Å². The minimum absolute atomic E-state index is 0.433. The van der Waals surface area contributed by atoms with Crippen molar-refractivity contribution in [2.45, 2.75) is 44.2 Å². The highest BCUT2D eigenvalue weighted by Crippen LogP contribution is 2.38. The molecule has 1 atom stereocenters. The van der Waals surface area contributed by atoms with Crippen molar-refractivity contribution in [1.82, 2.24) is 24.8 Å². The van der Waals surface area contributed by atoms with E-state index in [1.807, 2.05) is 18.5 Å². The molecule has 2 aromatic heterocycles. The molecular formula is C17H22N6. The molecule has 0 aromatic carbocycles. The van der Waals surface area contributed by atoms with Crippen LogP contribution < -0.4 is 5.32 Å². The van der Waals surface area contributed by atoms with Crippen LogP contribution in [0, 0.1) is 0 Å². The molecule has 1 unspecified atom stereocenters. The van der Waals surface area contributed by atoms with E-state index in [1.165, 1.54) is 25.7 Å². The average molecular weight is 310 g/mol. The molecule has 1 saturated carbocycles. The fourth-order valence-electron chi connectivity index (χ4n) is 3.16. The SMILES string of the molecule is c1cnc(CN2CCCC(Nc3ccnc(C4CC4)n3)C2)cn1. The maximum Gasteiger partial charge on any atom is 0.133 e. The second-order valence-corrected chi connectivity index (χ2v) is 6.49. The molecule has 0 amide bonds. The smallest absolute Gasteiger partial charge is 0.133 e. The van der Waals surface area contributed by atoms with Gasteiger partial charge in [-0.2, -0.15) is 0 Å². The van der Waals surface area contributed by atoms with E-state index in [2.05, 4.69) is 30.2 Å². The maximum absolute atomic E-state index is 4.67. The lowest BCUT2D eigenvalue weighted by atomic mass is 10.1. The minimum atomic E-state index is 0.433. The van der Waals surface area contributed by atoms with Crippen molar-refractivity contribution in [3.63, 3.8) is 0 Å². The Morgan fingerprint density at radius 3 is 2.91 bits per heavy atom. The fraction of sp³-hybridized carbons (Fsp3) is 0.529. The summed E-state index contributed by atoms with van der Waals surface area (Å²) in [5.41, 5.74) is 1.03. The van der Waals surface area contributed by atoms with Crippen LogP contribution in [0.25, 0.3) is 0 Å². The zero-order valence-electron chi connectivity index (χ0n) is 13.2. The van der Waals surface area contributed by atoms with E-state index in [1.54, 1.807) is 12.4 Å². The number of hydrogen-bond acceptors (Lipinski definition) is 6. The molecule has 1 aliphatic carbocycles. The largest absolute Gasteiger partial charge is 0.366 e. The van der Waals surface area contributed by atoms with Crippen LogP contribution in [-0.2, 0) is 6.54 Å². The first-order chi connectivity index (χ1) is 11.4. The summed E-state index contributed by atoms with van der Waals surface area (Å²) in [7, 11) is 0. The summed E-state index contributed by atoms with van der Waals surface area (Å²) in [5, 5.41) is 3.59. The van der Waals surface area contributed by atoms with Gasteiger partial charge in [-0.1, -0.05) is 0 Å². The molecule has 2 aliphatic rings. The molecule has 0 bridgehead atoms. The minimum Gasteiger partial charge on any atom is -0.366 e. The fourth-order valence-corrected chi connectivity index (χ4v) is 3.16. The quantitative estimate of drug-likeness (QED) is 0.913. The number of piperidine rings is 1. The van der Waals surface area contributed by atoms with Gasteiger partial charge in [0.2, 0.25) is 0 Å². The number of nitrogens with one attached hydrogen (secondary N) is 1. The van der Waals surface area contributed by atoms with Crippen LogP contribution in [0.15, 0.2) is 30.9 Å². The maximum atomic E-state index is 4.67. The van der Waals surface area contributed by atoms with E-state index in [0.717, 1.165) is 37.0 Å². The molecule has 2 fully saturated rings. The third kappa shape index (κ3) is 3.82. The van der Waals surface area contributed by atoms with Crippen LogP contribution >= 0.6 is 0 Å². The molecule has 0 spiro atoms. The average Bonchev–Trinajstić information content (AvgIpc) is 3.41. The highest BCUT2D eigenvalue weighted by molar-refractivity contribution is 5.35. The third-order valence-electron chi connectivity index (χ3n) is 4.48. The van der Waals surface area contributed by atoms with Crippen LogP contribution in [0.1, 0.15) is 43.1 Å². The summed E-state index contributed by atoms with van der Waals surface area (Å²) >= 11 is 0. The number of anilines is 1. The topological polar surface area (TPSA) is 66.8 Å². The first-order valence-electron chi connectivity index (χ1n) is 8.43. The van der Waals surface area contributed by atoms with E-state index < -0.39 is 0 Å². The molecule has 1 N–H and O–H groups in total. The Morgan fingerprint density at radius 2 is 2.09 bits per heavy atom. The summed E-state index contributed by atoms with van der Waals surface area (Å²) in [6.45, 7) is 2.99. The van der Waals surface area contributed by atoms with Gasteiger partial charge in [0.1, 0.15) is 11.6 Å². The predicted octanol–water partition coefficient (Wildman–Crippen LogP) is 2.22. The van der Waals surface area contributed by atoms with Gasteiger partial charge in [-0.25, -0.2) is 9.97 Å². The first kappa shape index (κ1) is 14.5. The van der Waals surface area contributed by atoms with E-state index >= 15 is 0 Å². The van der Waals surface area contributed by atoms with Crippen molar-refractivity contribution in [1.29, 1.82) is 0 Å². The lowest BCUT2D eigenvalue weighted by molar-refractivity contribution is 0.206. The van der Waals surface area contributed by atoms with Crippen molar-refractivity contribution in [2.24, 2.45) is 0 Å². The zero-order chi connectivity index (χ0) is 15.5. The normalized spacial score (nSPS) is 22.0. The van der Waals surface area contributed by atoms with Crippen molar-refractivity contribution in [3.05, 3.63) is 42.4 Å². The Balaban J connectivity index is 1.36. The number of hydrogen-bond donors (Lipinski definition) is 1. The molecule has 120 valence electrons. The van der Waals surface area contributed by atoms with Gasteiger partial charge in [-0.3, -0.25) is 14.9 Å². The second kappa shape index (κ2) is 6.58. The Morgan fingerprint density at radius 1 is 1.13 bits per heavy atom. The van der Waals surface area contributed by atoms with E-state index in [-0.39, 0.29) is 0 Å². The van der Waals surface area contributed by atoms with Crippen molar-refractivity contribution >= 4 is 5.82 Å². The monoisotopic (exact) mass is 310 g/mol. The van der Waals surface area contributed by atoms with Gasteiger partial charge < -0.3 is 5.32 Å². The zero-order valence-corrected chi connectivity index (χ0v) is 13.2. The summed E-state index contributed by atoms with van der Waals surface area (Å²) in [6, 6.07) is 2.41. The van der Waals surface area contributed by atoms with Gasteiger partial charge in [0.25, 0.3) is 0 Å². The van der Waals surface area contributed by atoms with E-state index in [4.69, 9.17) is 0 Å². The summed E-state index contributed by atoms with van der Waals surface area (Å²) in [5.74, 6) is 2.56. The van der Waals surface area contributed by atoms with Gasteiger partial charge in [-0.05, 0) is 38.3 Å². The van der Waals surface area contributed by atoms with Gasteiger partial charge in [-0.15, -0.1) is 0 Å². The Kier molecular flexibility index (Phi) is 4.15. The number of likely N-dealkylation sites (tertiary alicyclic amines) is 1. The van der Waals surface area contributed by atoms with E-state index in [9.17, 15) is 0 Å². The molecule has 4 rings (SSSR count). The second-order valence-electron chi connectivity index (χ2n) is 6.49. The van der Waals surface area contributed by atoms with Crippen LogP contribution in [-0.4, -0.2) is 44.0 Å². The third-order valence-corrected chi connectivity index (χ3v) is 4.48. The van der Waals surface area contributed by atoms with Crippen molar-refractivity contribution in [2.75, 3.05) is 18.4 Å². The van der Waals surface area contributed by atoms with Gasteiger partial charge in [0.05, 0.1) is 5.69 Å². The van der Waals surface area contributed by atoms with Crippen LogP contribution in [0.3, 0.4) is 0 Å². The molecular weight excluding hydrogens is 288 g/mol. The molecule has 1 aliphatic heterocycles. The molecule has 1 saturated heterocycles. The molecule has 2 aromatic rings. The Bertz CT molecular complexity index is 643. The standard InChI is InChI=1S/C17H22N6/c1-2-14(11-23(9-1)12-15-10-18-7-8-19-15)21-16-5-6-20-17(22-16)13-3-4-13/h5-8,10,13-14H,1-4,9,11-12H2,(H,20,21,22). The van der Waals surface area contributed by atoms with Crippen molar-refractivity contribution < 1.29 is 0 Å². The van der Waals surface area contributed by atoms with Gasteiger partial charge in [0, 0.05) is 49.8 Å². The highest BCUT2D eigenvalue weighted by atomic mass is 15.2. The van der Waals surface area contributed by atoms with Crippen molar-refractivity contribution in [3.8, 4) is 0 Å². The van der Waals surface area contributed by atoms with Crippen LogP contribution in [0.5, 0.6) is 0 Å². The summed E-state index contributed by atoms with van der Waals surface area (Å²) in [6.07, 6.45) is 12.0. The molecule has 6 nitrogen and oxygen atoms in total. The molecule has 6 heteroatoms. The Labute approximate surface area is 136 Å². The summed E-state index contributed by atoms with van der Waals surface area (Å²) in [4.78, 5) is 20.0. The molecule has 0 radical (unpaired) electrons. The highest BCUT2D eigenvalue weighted by Gasteiger charge is 2.27. The predicted molar refractivity (Wildman–Crippen MR) is 88.0 cm³/mol. The van der Waals surface area contributed by atoms with Gasteiger partial charge >= 0.3 is 0 Å². The van der Waals surface area contributed by atoms with Gasteiger partial charge in [0.15, 0.2) is 0 Å². The number of rotatable bonds is 5. The Hall–Kier alpha value is -2.08. The van der Waals surface area contributed by atoms with E-state index in [0.29, 0.717) is 12.0 Å². The first-order valence-corrected chi connectivity index (χ1v) is 8.43. The lowest BCUT2D eigenvalue weighted by Crippen LogP contribution is -2.41. The molecule has 3 heterocycles. The number of nitrogens with zero attached hydrogens (tertiary/aromatic N) is 5. The summed E-state index contributed by atoms with van der Waals surface area (Å²) < 4.78 is 0. The molecule has 23 heavy (non-hydrogen) atoms. The number of aromatic nitrogens is 4. The van der Waals surface area contributed by atoms with Crippen LogP contribution in [0.2, 0.25) is 0 Å².